The summed E-state index contributed by atoms with van der Waals surface area (Å²) in [6.07, 6.45) is 0. The Morgan fingerprint density at radius 3 is 2.65 bits per heavy atom. The Hall–Kier alpha value is -0.860. The molecule has 1 aliphatic heterocycles. The molecule has 0 aromatic heterocycles. The summed E-state index contributed by atoms with van der Waals surface area (Å²) < 4.78 is 0. The van der Waals surface area contributed by atoms with Crippen LogP contribution < -0.4 is 5.32 Å². The van der Waals surface area contributed by atoms with Gasteiger partial charge in [-0.3, -0.25) is 4.90 Å². The fraction of sp³-hybridized carbons (Fsp3) is 0.600. The Morgan fingerprint density at radius 1 is 1.29 bits per heavy atom. The van der Waals surface area contributed by atoms with Gasteiger partial charge in [0.1, 0.15) is 0 Å². The van der Waals surface area contributed by atoms with E-state index in [2.05, 4.69) is 61.3 Å². The molecule has 1 fully saturated rings. The molecule has 1 unspecified atom stereocenters. The summed E-state index contributed by atoms with van der Waals surface area (Å²) >= 11 is 0. The highest BCUT2D eigenvalue weighted by Crippen LogP contribution is 2.30. The fourth-order valence-corrected chi connectivity index (χ4v) is 2.81. The van der Waals surface area contributed by atoms with Gasteiger partial charge >= 0.3 is 0 Å². The average molecular weight is 232 g/mol. The molecule has 0 spiro atoms. The summed E-state index contributed by atoms with van der Waals surface area (Å²) in [7, 11) is 0. The van der Waals surface area contributed by atoms with E-state index in [1.807, 2.05) is 0 Å². The van der Waals surface area contributed by atoms with E-state index in [4.69, 9.17) is 0 Å². The number of nitrogens with zero attached hydrogens (tertiary/aromatic N) is 1. The number of nitrogens with one attached hydrogen (secondary N) is 1. The van der Waals surface area contributed by atoms with Crippen molar-refractivity contribution in [3.63, 3.8) is 0 Å². The van der Waals surface area contributed by atoms with Crippen molar-refractivity contribution >= 4 is 0 Å². The highest BCUT2D eigenvalue weighted by Gasteiger charge is 2.38. The molecular weight excluding hydrogens is 208 g/mol. The Morgan fingerprint density at radius 2 is 2.00 bits per heavy atom. The molecule has 1 N–H and O–H groups in total. The van der Waals surface area contributed by atoms with E-state index >= 15 is 0 Å². The minimum atomic E-state index is 0.380. The van der Waals surface area contributed by atoms with Crippen LogP contribution in [0.25, 0.3) is 0 Å². The lowest BCUT2D eigenvalue weighted by Crippen LogP contribution is -2.40. The van der Waals surface area contributed by atoms with Gasteiger partial charge in [0.15, 0.2) is 0 Å². The first-order valence-corrected chi connectivity index (χ1v) is 6.61. The molecule has 2 heteroatoms. The van der Waals surface area contributed by atoms with Crippen LogP contribution in [0.15, 0.2) is 30.3 Å². The van der Waals surface area contributed by atoms with Gasteiger partial charge in [0.05, 0.1) is 0 Å². The molecule has 1 aliphatic rings. The van der Waals surface area contributed by atoms with Crippen molar-refractivity contribution < 1.29 is 0 Å². The molecule has 1 atom stereocenters. The molecule has 2 nitrogen and oxygen atoms in total. The highest BCUT2D eigenvalue weighted by atomic mass is 15.2. The minimum absolute atomic E-state index is 0.380. The predicted octanol–water partition coefficient (Wildman–Crippen LogP) is 2.51. The van der Waals surface area contributed by atoms with Crippen molar-refractivity contribution in [2.24, 2.45) is 5.41 Å². The van der Waals surface area contributed by atoms with E-state index in [1.54, 1.807) is 0 Å². The summed E-state index contributed by atoms with van der Waals surface area (Å²) in [5.41, 5.74) is 1.80. The molecule has 0 aliphatic carbocycles. The molecule has 0 bridgehead atoms. The molecule has 1 saturated heterocycles. The second kappa shape index (κ2) is 5.19. The molecule has 1 aromatic carbocycles. The number of likely N-dealkylation sites (tertiary alicyclic amines) is 1. The molecule has 0 radical (unpaired) electrons. The molecule has 0 saturated carbocycles. The van der Waals surface area contributed by atoms with Crippen LogP contribution in [-0.4, -0.2) is 30.6 Å². The van der Waals surface area contributed by atoms with Crippen molar-refractivity contribution in [3.8, 4) is 0 Å². The van der Waals surface area contributed by atoms with Crippen molar-refractivity contribution in [3.05, 3.63) is 35.9 Å². The maximum Gasteiger partial charge on any atom is 0.0258 e. The van der Waals surface area contributed by atoms with Gasteiger partial charge in [-0.1, -0.05) is 51.1 Å². The Kier molecular flexibility index (Phi) is 3.85. The maximum absolute atomic E-state index is 3.61. The van der Waals surface area contributed by atoms with E-state index < -0.39 is 0 Å². The van der Waals surface area contributed by atoms with Crippen LogP contribution in [-0.2, 0) is 6.54 Å². The van der Waals surface area contributed by atoms with Crippen LogP contribution in [0, 0.1) is 5.41 Å². The smallest absolute Gasteiger partial charge is 0.0258 e. The van der Waals surface area contributed by atoms with Crippen LogP contribution in [0.4, 0.5) is 0 Å². The van der Waals surface area contributed by atoms with Crippen molar-refractivity contribution in [2.45, 2.75) is 33.4 Å². The van der Waals surface area contributed by atoms with Crippen molar-refractivity contribution in [2.75, 3.05) is 19.6 Å². The van der Waals surface area contributed by atoms with Crippen molar-refractivity contribution in [1.29, 1.82) is 0 Å². The van der Waals surface area contributed by atoms with Gasteiger partial charge in [-0.2, -0.15) is 0 Å². The third kappa shape index (κ3) is 3.08. The lowest BCUT2D eigenvalue weighted by molar-refractivity contribution is 0.276. The summed E-state index contributed by atoms with van der Waals surface area (Å²) in [5.74, 6) is 0. The Labute approximate surface area is 105 Å². The third-order valence-electron chi connectivity index (χ3n) is 3.71. The second-order valence-electron chi connectivity index (χ2n) is 5.75. The SMILES string of the molecule is CCNC1CN(Cc2ccccc2)CC1(C)C. The van der Waals surface area contributed by atoms with Gasteiger partial charge in [-0.25, -0.2) is 0 Å². The van der Waals surface area contributed by atoms with Crippen LogP contribution in [0.3, 0.4) is 0 Å². The molecule has 2 rings (SSSR count). The zero-order valence-corrected chi connectivity index (χ0v) is 11.2. The van der Waals surface area contributed by atoms with Gasteiger partial charge in [-0.15, -0.1) is 0 Å². The molecule has 1 heterocycles. The molecule has 17 heavy (non-hydrogen) atoms. The zero-order valence-electron chi connectivity index (χ0n) is 11.2. The van der Waals surface area contributed by atoms with Gasteiger partial charge < -0.3 is 5.32 Å². The first-order valence-electron chi connectivity index (χ1n) is 6.61. The monoisotopic (exact) mass is 232 g/mol. The van der Waals surface area contributed by atoms with Crippen LogP contribution in [0.2, 0.25) is 0 Å². The van der Waals surface area contributed by atoms with Gasteiger partial charge in [-0.05, 0) is 17.5 Å². The quantitative estimate of drug-likeness (QED) is 0.858. The third-order valence-corrected chi connectivity index (χ3v) is 3.71. The molecule has 1 aromatic rings. The summed E-state index contributed by atoms with van der Waals surface area (Å²) in [4.78, 5) is 2.56. The fourth-order valence-electron chi connectivity index (χ4n) is 2.81. The standard InChI is InChI=1S/C15H24N2/c1-4-16-14-11-17(12-15(14,2)3)10-13-8-6-5-7-9-13/h5-9,14,16H,4,10-12H2,1-3H3. The van der Waals surface area contributed by atoms with Crippen LogP contribution in [0.5, 0.6) is 0 Å². The van der Waals surface area contributed by atoms with E-state index in [9.17, 15) is 0 Å². The Bertz CT molecular complexity index is 345. The second-order valence-corrected chi connectivity index (χ2v) is 5.75. The van der Waals surface area contributed by atoms with Gasteiger partial charge in [0.2, 0.25) is 0 Å². The first kappa shape index (κ1) is 12.6. The number of rotatable bonds is 4. The van der Waals surface area contributed by atoms with E-state index in [0.717, 1.165) is 19.6 Å². The molecule has 0 amide bonds. The van der Waals surface area contributed by atoms with Gasteiger partial charge in [0.25, 0.3) is 0 Å². The van der Waals surface area contributed by atoms with E-state index in [0.29, 0.717) is 11.5 Å². The average Bonchev–Trinajstić information content (AvgIpc) is 2.55. The predicted molar refractivity (Wildman–Crippen MR) is 73.0 cm³/mol. The number of likely N-dealkylation sites (N-methyl/N-ethyl adjacent to an activating group) is 1. The minimum Gasteiger partial charge on any atom is -0.312 e. The molecular formula is C15H24N2. The van der Waals surface area contributed by atoms with Crippen LogP contribution in [0.1, 0.15) is 26.3 Å². The maximum atomic E-state index is 3.61. The van der Waals surface area contributed by atoms with Gasteiger partial charge in [0, 0.05) is 25.7 Å². The largest absolute Gasteiger partial charge is 0.312 e. The normalized spacial score (nSPS) is 24.1. The number of benzene rings is 1. The number of hydrogen-bond acceptors (Lipinski definition) is 2. The van der Waals surface area contributed by atoms with E-state index in [1.165, 1.54) is 12.1 Å². The highest BCUT2D eigenvalue weighted by molar-refractivity contribution is 5.15. The zero-order chi connectivity index (χ0) is 12.3. The first-order chi connectivity index (χ1) is 8.12. The van der Waals surface area contributed by atoms with Crippen LogP contribution >= 0.6 is 0 Å². The lowest BCUT2D eigenvalue weighted by atomic mass is 9.88. The molecule has 94 valence electrons. The Balaban J connectivity index is 1.97. The summed E-state index contributed by atoms with van der Waals surface area (Å²) in [6, 6.07) is 11.4. The topological polar surface area (TPSA) is 15.3 Å². The van der Waals surface area contributed by atoms with Crippen molar-refractivity contribution in [1.82, 2.24) is 10.2 Å². The summed E-state index contributed by atoms with van der Waals surface area (Å²) in [5, 5.41) is 3.61. The number of hydrogen-bond donors (Lipinski definition) is 1. The van der Waals surface area contributed by atoms with E-state index in [-0.39, 0.29) is 0 Å². The lowest BCUT2D eigenvalue weighted by Gasteiger charge is -2.26. The summed E-state index contributed by atoms with van der Waals surface area (Å²) in [6.45, 7) is 11.4.